The van der Waals surface area contributed by atoms with Crippen LogP contribution in [-0.2, 0) is 25.5 Å². The summed E-state index contributed by atoms with van der Waals surface area (Å²) < 4.78 is 10.0. The first-order chi connectivity index (χ1) is 14.1. The number of esters is 2. The Hall–Kier alpha value is -2.19. The molecule has 29 heavy (non-hydrogen) atoms. The summed E-state index contributed by atoms with van der Waals surface area (Å²) in [6.45, 7) is 7.95. The van der Waals surface area contributed by atoms with Crippen LogP contribution in [0.1, 0.15) is 39.2 Å². The molecule has 1 fully saturated rings. The van der Waals surface area contributed by atoms with Gasteiger partial charge in [-0.05, 0) is 44.4 Å². The summed E-state index contributed by atoms with van der Waals surface area (Å²) >= 11 is 1.79. The fraction of sp³-hybridized carbons (Fsp3) is 0.524. The van der Waals surface area contributed by atoms with Crippen molar-refractivity contribution >= 4 is 35.1 Å². The van der Waals surface area contributed by atoms with Crippen LogP contribution >= 0.6 is 11.8 Å². The standard InChI is InChI=1S/C21H29N3O4S/c1-4-7-8-14-11-17-18(29-21-22-9-10-24(17)21)12-16(14)23-13-15(19(25)27-5-2)20(26)28-6-3/h11-13,21-23H,4-10H2,1-3H3. The Kier molecular flexibility index (Phi) is 7.44. The predicted octanol–water partition coefficient (Wildman–Crippen LogP) is 3.25. The summed E-state index contributed by atoms with van der Waals surface area (Å²) in [6.07, 6.45) is 4.48. The van der Waals surface area contributed by atoms with E-state index in [4.69, 9.17) is 9.47 Å². The van der Waals surface area contributed by atoms with Gasteiger partial charge in [0.2, 0.25) is 0 Å². The van der Waals surface area contributed by atoms with Crippen molar-refractivity contribution < 1.29 is 19.1 Å². The largest absolute Gasteiger partial charge is 0.462 e. The quantitative estimate of drug-likeness (QED) is 0.273. The molecule has 8 heteroatoms. The summed E-state index contributed by atoms with van der Waals surface area (Å²) in [5.41, 5.74) is 3.47. The van der Waals surface area contributed by atoms with Crippen molar-refractivity contribution in [3.05, 3.63) is 29.5 Å². The van der Waals surface area contributed by atoms with Crippen LogP contribution in [0.4, 0.5) is 11.4 Å². The molecular weight excluding hydrogens is 390 g/mol. The third-order valence-electron chi connectivity index (χ3n) is 4.85. The minimum atomic E-state index is -0.686. The number of nitrogens with zero attached hydrogens (tertiary/aromatic N) is 1. The first-order valence-corrected chi connectivity index (χ1v) is 11.1. The Morgan fingerprint density at radius 1 is 1.24 bits per heavy atom. The van der Waals surface area contributed by atoms with Crippen LogP contribution in [0.25, 0.3) is 0 Å². The molecule has 2 heterocycles. The molecule has 2 aliphatic rings. The lowest BCUT2D eigenvalue weighted by molar-refractivity contribution is -0.146. The van der Waals surface area contributed by atoms with E-state index in [2.05, 4.69) is 34.6 Å². The van der Waals surface area contributed by atoms with Crippen molar-refractivity contribution in [3.63, 3.8) is 0 Å². The van der Waals surface area contributed by atoms with Crippen molar-refractivity contribution in [2.75, 3.05) is 36.5 Å². The summed E-state index contributed by atoms with van der Waals surface area (Å²) in [5.74, 6) is -1.37. The molecule has 0 bridgehead atoms. The highest BCUT2D eigenvalue weighted by molar-refractivity contribution is 8.00. The molecule has 0 amide bonds. The van der Waals surface area contributed by atoms with Crippen LogP contribution in [0.5, 0.6) is 0 Å². The lowest BCUT2D eigenvalue weighted by Gasteiger charge is -2.18. The molecule has 1 aromatic carbocycles. The number of carbonyl (C=O) groups excluding carboxylic acids is 2. The molecule has 1 unspecified atom stereocenters. The van der Waals surface area contributed by atoms with Gasteiger partial charge < -0.3 is 19.7 Å². The van der Waals surface area contributed by atoms with E-state index in [0.29, 0.717) is 0 Å². The fourth-order valence-corrected chi connectivity index (χ4v) is 4.69. The van der Waals surface area contributed by atoms with Crippen molar-refractivity contribution in [2.45, 2.75) is 50.4 Å². The van der Waals surface area contributed by atoms with E-state index in [1.807, 2.05) is 0 Å². The van der Waals surface area contributed by atoms with E-state index < -0.39 is 11.9 Å². The number of nitrogens with one attached hydrogen (secondary N) is 2. The van der Waals surface area contributed by atoms with Gasteiger partial charge in [0.05, 0.1) is 18.9 Å². The zero-order valence-electron chi connectivity index (χ0n) is 17.2. The topological polar surface area (TPSA) is 79.9 Å². The number of anilines is 2. The second kappa shape index (κ2) is 10.0. The summed E-state index contributed by atoms with van der Waals surface area (Å²) in [5, 5.41) is 6.67. The molecule has 0 saturated carbocycles. The number of rotatable bonds is 9. The Labute approximate surface area is 176 Å². The number of hydrogen-bond donors (Lipinski definition) is 2. The van der Waals surface area contributed by atoms with Gasteiger partial charge in [-0.1, -0.05) is 25.1 Å². The maximum Gasteiger partial charge on any atom is 0.347 e. The predicted molar refractivity (Wildman–Crippen MR) is 115 cm³/mol. The summed E-state index contributed by atoms with van der Waals surface area (Å²) in [4.78, 5) is 28.0. The van der Waals surface area contributed by atoms with Gasteiger partial charge in [0, 0.05) is 29.9 Å². The van der Waals surface area contributed by atoms with Crippen molar-refractivity contribution in [3.8, 4) is 0 Å². The van der Waals surface area contributed by atoms with Gasteiger partial charge in [0.15, 0.2) is 5.57 Å². The molecule has 3 rings (SSSR count). The van der Waals surface area contributed by atoms with Gasteiger partial charge in [-0.15, -0.1) is 0 Å². The first kappa shape index (κ1) is 21.5. The Morgan fingerprint density at radius 2 is 1.97 bits per heavy atom. The highest BCUT2D eigenvalue weighted by Gasteiger charge is 2.34. The number of carbonyl (C=O) groups is 2. The zero-order chi connectivity index (χ0) is 20.8. The number of aryl methyl sites for hydroxylation is 1. The van der Waals surface area contributed by atoms with Crippen LogP contribution in [0, 0.1) is 0 Å². The summed E-state index contributed by atoms with van der Waals surface area (Å²) in [7, 11) is 0. The molecule has 158 valence electrons. The normalized spacial score (nSPS) is 16.8. The third kappa shape index (κ3) is 4.87. The van der Waals surface area contributed by atoms with E-state index in [0.717, 1.165) is 38.0 Å². The van der Waals surface area contributed by atoms with E-state index in [9.17, 15) is 9.59 Å². The van der Waals surface area contributed by atoms with Crippen molar-refractivity contribution in [2.24, 2.45) is 0 Å². The maximum absolute atomic E-state index is 12.2. The van der Waals surface area contributed by atoms with Gasteiger partial charge in [0.25, 0.3) is 0 Å². The number of thioether (sulfide) groups is 1. The van der Waals surface area contributed by atoms with Crippen LogP contribution in [0.3, 0.4) is 0 Å². The van der Waals surface area contributed by atoms with E-state index in [1.54, 1.807) is 25.6 Å². The molecule has 1 saturated heterocycles. The van der Waals surface area contributed by atoms with Gasteiger partial charge >= 0.3 is 11.9 Å². The van der Waals surface area contributed by atoms with Gasteiger partial charge in [-0.3, -0.25) is 5.32 Å². The summed E-state index contributed by atoms with van der Waals surface area (Å²) in [6, 6.07) is 4.34. The molecule has 0 aliphatic carbocycles. The van der Waals surface area contributed by atoms with Gasteiger partial charge in [0.1, 0.15) is 5.50 Å². The molecule has 0 spiro atoms. The van der Waals surface area contributed by atoms with Crippen molar-refractivity contribution in [1.29, 1.82) is 0 Å². The maximum atomic E-state index is 12.2. The fourth-order valence-electron chi connectivity index (χ4n) is 3.42. The molecule has 7 nitrogen and oxygen atoms in total. The second-order valence-corrected chi connectivity index (χ2v) is 7.96. The number of ether oxygens (including phenoxy) is 2. The van der Waals surface area contributed by atoms with E-state index in [-0.39, 0.29) is 24.3 Å². The number of hydrogen-bond acceptors (Lipinski definition) is 8. The third-order valence-corrected chi connectivity index (χ3v) is 6.08. The molecule has 2 aliphatic heterocycles. The average Bonchev–Trinajstić information content (AvgIpc) is 3.28. The Balaban J connectivity index is 1.89. The Morgan fingerprint density at radius 3 is 2.62 bits per heavy atom. The minimum Gasteiger partial charge on any atom is -0.462 e. The second-order valence-electron chi connectivity index (χ2n) is 6.84. The van der Waals surface area contributed by atoms with Crippen LogP contribution < -0.4 is 15.5 Å². The number of benzene rings is 1. The highest BCUT2D eigenvalue weighted by atomic mass is 32.2. The zero-order valence-corrected chi connectivity index (χ0v) is 18.1. The molecule has 1 atom stereocenters. The lowest BCUT2D eigenvalue weighted by atomic mass is 10.0. The molecule has 0 radical (unpaired) electrons. The van der Waals surface area contributed by atoms with Crippen LogP contribution in [-0.4, -0.2) is 43.7 Å². The monoisotopic (exact) mass is 419 g/mol. The van der Waals surface area contributed by atoms with Crippen LogP contribution in [0.15, 0.2) is 28.8 Å². The van der Waals surface area contributed by atoms with Gasteiger partial charge in [-0.2, -0.15) is 0 Å². The Bertz CT molecular complexity index is 776. The van der Waals surface area contributed by atoms with Crippen LogP contribution in [0.2, 0.25) is 0 Å². The molecule has 1 aromatic rings. The van der Waals surface area contributed by atoms with E-state index >= 15 is 0 Å². The number of unbranched alkanes of at least 4 members (excludes halogenated alkanes) is 1. The molecule has 0 aromatic heterocycles. The van der Waals surface area contributed by atoms with Gasteiger partial charge in [-0.25, -0.2) is 9.59 Å². The minimum absolute atomic E-state index is 0.134. The lowest BCUT2D eigenvalue weighted by Crippen LogP contribution is -2.28. The molecule has 2 N–H and O–H groups in total. The smallest absolute Gasteiger partial charge is 0.347 e. The SMILES string of the molecule is CCCCc1cc2c(cc1NC=C(C(=O)OCC)C(=O)OCC)SC1NCCN21. The van der Waals surface area contributed by atoms with Crippen molar-refractivity contribution in [1.82, 2.24) is 5.32 Å². The average molecular weight is 420 g/mol. The molecular formula is C21H29N3O4S. The highest BCUT2D eigenvalue weighted by Crippen LogP contribution is 2.46. The number of fused-ring (bicyclic) bond motifs is 3. The first-order valence-electron chi connectivity index (χ1n) is 10.2. The van der Waals surface area contributed by atoms with E-state index in [1.165, 1.54) is 22.3 Å².